The molecule has 0 saturated carbocycles. The van der Waals surface area contributed by atoms with Crippen molar-refractivity contribution in [3.05, 3.63) is 66.2 Å². The van der Waals surface area contributed by atoms with Gasteiger partial charge in [-0.3, -0.25) is 4.79 Å². The van der Waals surface area contributed by atoms with Gasteiger partial charge in [0.25, 0.3) is 0 Å². The third-order valence-corrected chi connectivity index (χ3v) is 5.57. The predicted molar refractivity (Wildman–Crippen MR) is 99.4 cm³/mol. The second-order valence-electron chi connectivity index (χ2n) is 5.83. The Labute approximate surface area is 149 Å². The minimum absolute atomic E-state index is 0.214. The summed E-state index contributed by atoms with van der Waals surface area (Å²) in [6, 6.07) is 17.9. The van der Waals surface area contributed by atoms with Crippen molar-refractivity contribution in [1.29, 1.82) is 0 Å². The van der Waals surface area contributed by atoms with Gasteiger partial charge < -0.3 is 5.32 Å². The third kappa shape index (κ3) is 4.80. The minimum atomic E-state index is -3.78. The third-order valence-electron chi connectivity index (χ3n) is 3.75. The number of carbonyl (C=O) groups is 1. The van der Waals surface area contributed by atoms with Crippen LogP contribution in [0.25, 0.3) is 0 Å². The molecule has 2 aromatic carbocycles. The topological polar surface area (TPSA) is 69.7 Å². The molecule has 0 saturated heterocycles. The molecule has 1 amide bonds. The van der Waals surface area contributed by atoms with Crippen LogP contribution < -0.4 is 9.62 Å². The van der Waals surface area contributed by atoms with Gasteiger partial charge in [-0.05, 0) is 24.6 Å². The summed E-state index contributed by atoms with van der Waals surface area (Å²) in [6.45, 7) is 1.57. The molecule has 1 N–H and O–H groups in total. The summed E-state index contributed by atoms with van der Waals surface area (Å²) in [5.74, 6) is -0.370. The zero-order chi connectivity index (χ0) is 18.4. The maximum Gasteiger partial charge on any atom is 0.304 e. The van der Waals surface area contributed by atoms with Crippen molar-refractivity contribution in [2.45, 2.75) is 13.0 Å². The SMILES string of the molecule is C[C@H](NC(=O)CN(c1ccccc1)S(=O)(=O)N(C)C)c1ccccc1. The molecule has 0 aliphatic heterocycles. The van der Waals surface area contributed by atoms with Gasteiger partial charge >= 0.3 is 10.2 Å². The number of nitrogens with zero attached hydrogens (tertiary/aromatic N) is 2. The predicted octanol–water partition coefficient (Wildman–Crippen LogP) is 2.18. The molecule has 0 radical (unpaired) electrons. The highest BCUT2D eigenvalue weighted by atomic mass is 32.2. The maximum absolute atomic E-state index is 12.6. The van der Waals surface area contributed by atoms with Crippen LogP contribution in [0.3, 0.4) is 0 Å². The molecule has 6 nitrogen and oxygen atoms in total. The summed E-state index contributed by atoms with van der Waals surface area (Å²) in [7, 11) is -0.901. The Kier molecular flexibility index (Phi) is 6.17. The van der Waals surface area contributed by atoms with Gasteiger partial charge in [0.05, 0.1) is 11.7 Å². The van der Waals surface area contributed by atoms with E-state index in [1.54, 1.807) is 30.3 Å². The van der Waals surface area contributed by atoms with Crippen LogP contribution in [0.2, 0.25) is 0 Å². The molecular weight excluding hydrogens is 338 g/mol. The summed E-state index contributed by atoms with van der Waals surface area (Å²) in [5.41, 5.74) is 1.40. The number of amides is 1. The number of hydrogen-bond acceptors (Lipinski definition) is 3. The average molecular weight is 361 g/mol. The van der Waals surface area contributed by atoms with E-state index in [9.17, 15) is 13.2 Å². The fourth-order valence-corrected chi connectivity index (χ4v) is 3.40. The monoisotopic (exact) mass is 361 g/mol. The van der Waals surface area contributed by atoms with Crippen molar-refractivity contribution in [1.82, 2.24) is 9.62 Å². The first-order chi connectivity index (χ1) is 11.8. The van der Waals surface area contributed by atoms with E-state index < -0.39 is 10.2 Å². The van der Waals surface area contributed by atoms with E-state index in [0.717, 1.165) is 14.2 Å². The van der Waals surface area contributed by atoms with Crippen molar-refractivity contribution in [3.63, 3.8) is 0 Å². The molecule has 0 aliphatic rings. The van der Waals surface area contributed by atoms with E-state index in [4.69, 9.17) is 0 Å². The Morgan fingerprint density at radius 1 is 1.00 bits per heavy atom. The molecule has 0 spiro atoms. The fraction of sp³-hybridized carbons (Fsp3) is 0.278. The number of para-hydroxylation sites is 1. The second kappa shape index (κ2) is 8.13. The number of anilines is 1. The fourth-order valence-electron chi connectivity index (χ4n) is 2.34. The molecule has 0 aromatic heterocycles. The van der Waals surface area contributed by atoms with Crippen molar-refractivity contribution < 1.29 is 13.2 Å². The summed E-state index contributed by atoms with van der Waals surface area (Å²) < 4.78 is 27.4. The Morgan fingerprint density at radius 3 is 2.04 bits per heavy atom. The van der Waals surface area contributed by atoms with Gasteiger partial charge in [0.15, 0.2) is 0 Å². The van der Waals surface area contributed by atoms with Gasteiger partial charge in [-0.2, -0.15) is 12.7 Å². The first-order valence-corrected chi connectivity index (χ1v) is 9.31. The lowest BCUT2D eigenvalue weighted by molar-refractivity contribution is -0.120. The lowest BCUT2D eigenvalue weighted by Gasteiger charge is -2.27. The number of hydrogen-bond donors (Lipinski definition) is 1. The molecule has 2 aromatic rings. The van der Waals surface area contributed by atoms with E-state index in [0.29, 0.717) is 5.69 Å². The lowest BCUT2D eigenvalue weighted by Crippen LogP contribution is -2.46. The Hall–Kier alpha value is -2.38. The zero-order valence-corrected chi connectivity index (χ0v) is 15.4. The first-order valence-electron chi connectivity index (χ1n) is 7.92. The average Bonchev–Trinajstić information content (AvgIpc) is 2.61. The smallest absolute Gasteiger partial charge is 0.304 e. The Bertz CT molecular complexity index is 793. The molecule has 134 valence electrons. The molecule has 0 unspecified atom stereocenters. The van der Waals surface area contributed by atoms with Gasteiger partial charge in [0.2, 0.25) is 5.91 Å². The van der Waals surface area contributed by atoms with E-state index in [1.165, 1.54) is 14.1 Å². The highest BCUT2D eigenvalue weighted by molar-refractivity contribution is 7.90. The van der Waals surface area contributed by atoms with Crippen molar-refractivity contribution >= 4 is 21.8 Å². The standard InChI is InChI=1S/C18H23N3O3S/c1-15(16-10-6-4-7-11-16)19-18(22)14-21(25(23,24)20(2)3)17-12-8-5-9-13-17/h4-13,15H,14H2,1-3H3,(H,19,22)/t15-/m0/s1. The van der Waals surface area contributed by atoms with Crippen LogP contribution >= 0.6 is 0 Å². The van der Waals surface area contributed by atoms with Gasteiger partial charge in [0, 0.05) is 14.1 Å². The molecule has 0 aliphatic carbocycles. The van der Waals surface area contributed by atoms with Gasteiger partial charge in [-0.1, -0.05) is 48.5 Å². The van der Waals surface area contributed by atoms with Crippen LogP contribution in [0.4, 0.5) is 5.69 Å². The van der Waals surface area contributed by atoms with Crippen LogP contribution in [0.15, 0.2) is 60.7 Å². The summed E-state index contributed by atoms with van der Waals surface area (Å²) >= 11 is 0. The summed E-state index contributed by atoms with van der Waals surface area (Å²) in [6.07, 6.45) is 0. The molecular formula is C18H23N3O3S. The Balaban J connectivity index is 2.18. The van der Waals surface area contributed by atoms with Crippen molar-refractivity contribution in [2.75, 3.05) is 24.9 Å². The van der Waals surface area contributed by atoms with E-state index in [1.807, 2.05) is 37.3 Å². The summed E-state index contributed by atoms with van der Waals surface area (Å²) in [4.78, 5) is 12.4. The number of nitrogens with one attached hydrogen (secondary N) is 1. The van der Waals surface area contributed by atoms with Gasteiger partial charge in [-0.25, -0.2) is 4.31 Å². The largest absolute Gasteiger partial charge is 0.348 e. The quantitative estimate of drug-likeness (QED) is 0.822. The maximum atomic E-state index is 12.6. The minimum Gasteiger partial charge on any atom is -0.348 e. The van der Waals surface area contributed by atoms with E-state index >= 15 is 0 Å². The van der Waals surface area contributed by atoms with E-state index in [2.05, 4.69) is 5.32 Å². The molecule has 7 heteroatoms. The van der Waals surface area contributed by atoms with Gasteiger partial charge in [-0.15, -0.1) is 0 Å². The zero-order valence-electron chi connectivity index (χ0n) is 14.6. The van der Waals surface area contributed by atoms with Crippen LogP contribution in [0.1, 0.15) is 18.5 Å². The molecule has 25 heavy (non-hydrogen) atoms. The highest BCUT2D eigenvalue weighted by Crippen LogP contribution is 2.19. The lowest BCUT2D eigenvalue weighted by atomic mass is 10.1. The molecule has 2 rings (SSSR count). The van der Waals surface area contributed by atoms with Crippen molar-refractivity contribution in [2.24, 2.45) is 0 Å². The Morgan fingerprint density at radius 2 is 1.52 bits per heavy atom. The molecule has 1 atom stereocenters. The number of carbonyl (C=O) groups excluding carboxylic acids is 1. The summed E-state index contributed by atoms with van der Waals surface area (Å²) in [5, 5.41) is 2.84. The van der Waals surface area contributed by atoms with Crippen molar-refractivity contribution in [3.8, 4) is 0 Å². The number of rotatable bonds is 7. The normalized spacial score (nSPS) is 12.6. The molecule has 0 bridgehead atoms. The van der Waals surface area contributed by atoms with Crippen LogP contribution in [-0.2, 0) is 15.0 Å². The van der Waals surface area contributed by atoms with Crippen LogP contribution in [0.5, 0.6) is 0 Å². The van der Waals surface area contributed by atoms with Gasteiger partial charge in [0.1, 0.15) is 6.54 Å². The second-order valence-corrected chi connectivity index (χ2v) is 7.90. The van der Waals surface area contributed by atoms with Crippen LogP contribution in [0, 0.1) is 0 Å². The molecule has 0 fully saturated rings. The molecule has 0 heterocycles. The number of benzene rings is 2. The van der Waals surface area contributed by atoms with E-state index in [-0.39, 0.29) is 18.5 Å². The van der Waals surface area contributed by atoms with Crippen LogP contribution in [-0.4, -0.2) is 39.3 Å². The highest BCUT2D eigenvalue weighted by Gasteiger charge is 2.27. The first kappa shape index (κ1) is 19.0.